The first kappa shape index (κ1) is 13.6. The summed E-state index contributed by atoms with van der Waals surface area (Å²) >= 11 is 5.69. The van der Waals surface area contributed by atoms with Gasteiger partial charge in [0.05, 0.1) is 10.7 Å². The van der Waals surface area contributed by atoms with Crippen LogP contribution in [0.1, 0.15) is 16.1 Å². The van der Waals surface area contributed by atoms with Crippen LogP contribution in [0.25, 0.3) is 11.0 Å². The van der Waals surface area contributed by atoms with Crippen molar-refractivity contribution in [1.82, 2.24) is 0 Å². The molecule has 5 heteroatoms. The van der Waals surface area contributed by atoms with Crippen molar-refractivity contribution in [1.29, 1.82) is 0 Å². The van der Waals surface area contributed by atoms with Gasteiger partial charge in [-0.2, -0.15) is 0 Å². The molecule has 2 aromatic carbocycles. The molecule has 106 valence electrons. The second-order valence-corrected chi connectivity index (χ2v) is 5.02. The van der Waals surface area contributed by atoms with Gasteiger partial charge >= 0.3 is 0 Å². The monoisotopic (exact) mass is 303 g/mol. The third kappa shape index (κ3) is 2.38. The standard InChI is InChI=1S/C16H11ClFNO2/c1-9-10-5-2-3-8-13(10)21-15(9)16(20)19-12-7-4-6-11(17)14(12)18/h2-8H,1H3,(H,19,20). The lowest BCUT2D eigenvalue weighted by molar-refractivity contribution is 0.0997. The molecule has 0 spiro atoms. The summed E-state index contributed by atoms with van der Waals surface area (Å²) in [5.41, 5.74) is 1.35. The molecule has 0 bridgehead atoms. The number of aryl methyl sites for hydroxylation is 1. The number of anilines is 1. The third-order valence-corrected chi connectivity index (χ3v) is 3.54. The summed E-state index contributed by atoms with van der Waals surface area (Å²) in [4.78, 5) is 12.3. The highest BCUT2D eigenvalue weighted by Crippen LogP contribution is 2.27. The van der Waals surface area contributed by atoms with Gasteiger partial charge in [0.15, 0.2) is 11.6 Å². The number of rotatable bonds is 2. The summed E-state index contributed by atoms with van der Waals surface area (Å²) < 4.78 is 19.3. The van der Waals surface area contributed by atoms with E-state index in [9.17, 15) is 9.18 Å². The summed E-state index contributed by atoms with van der Waals surface area (Å²) in [6, 6.07) is 11.7. The van der Waals surface area contributed by atoms with Crippen molar-refractivity contribution in [2.24, 2.45) is 0 Å². The Morgan fingerprint density at radius 1 is 1.19 bits per heavy atom. The van der Waals surface area contributed by atoms with E-state index in [0.717, 1.165) is 5.39 Å². The molecule has 3 aromatic rings. The van der Waals surface area contributed by atoms with Gasteiger partial charge in [0, 0.05) is 10.9 Å². The number of furan rings is 1. The quantitative estimate of drug-likeness (QED) is 0.740. The first-order chi connectivity index (χ1) is 10.1. The molecule has 0 radical (unpaired) electrons. The third-order valence-electron chi connectivity index (χ3n) is 3.25. The lowest BCUT2D eigenvalue weighted by atomic mass is 10.1. The molecule has 0 unspecified atom stereocenters. The van der Waals surface area contributed by atoms with Crippen molar-refractivity contribution in [3.05, 3.63) is 64.6 Å². The van der Waals surface area contributed by atoms with Crippen LogP contribution in [0, 0.1) is 12.7 Å². The molecule has 1 amide bonds. The van der Waals surface area contributed by atoms with Gasteiger partial charge in [-0.15, -0.1) is 0 Å². The number of para-hydroxylation sites is 1. The molecule has 0 aliphatic carbocycles. The van der Waals surface area contributed by atoms with Gasteiger partial charge in [-0.3, -0.25) is 4.79 Å². The fraction of sp³-hybridized carbons (Fsp3) is 0.0625. The second-order valence-electron chi connectivity index (χ2n) is 4.61. The van der Waals surface area contributed by atoms with Crippen LogP contribution in [0.3, 0.4) is 0 Å². The minimum Gasteiger partial charge on any atom is -0.451 e. The Hall–Kier alpha value is -2.33. The SMILES string of the molecule is Cc1c(C(=O)Nc2cccc(Cl)c2F)oc2ccccc12. The van der Waals surface area contributed by atoms with Crippen molar-refractivity contribution >= 4 is 34.2 Å². The van der Waals surface area contributed by atoms with E-state index < -0.39 is 11.7 Å². The Balaban J connectivity index is 1.97. The molecule has 0 atom stereocenters. The number of benzene rings is 2. The van der Waals surface area contributed by atoms with Crippen LogP contribution >= 0.6 is 11.6 Å². The molecular weight excluding hydrogens is 293 g/mol. The maximum Gasteiger partial charge on any atom is 0.291 e. The van der Waals surface area contributed by atoms with E-state index in [1.165, 1.54) is 12.1 Å². The molecule has 0 saturated heterocycles. The topological polar surface area (TPSA) is 42.2 Å². The molecule has 1 aromatic heterocycles. The number of carbonyl (C=O) groups excluding carboxylic acids is 1. The molecule has 0 saturated carbocycles. The lowest BCUT2D eigenvalue weighted by Crippen LogP contribution is -2.13. The normalized spacial score (nSPS) is 10.8. The predicted octanol–water partition coefficient (Wildman–Crippen LogP) is 4.79. The summed E-state index contributed by atoms with van der Waals surface area (Å²) in [7, 11) is 0. The summed E-state index contributed by atoms with van der Waals surface area (Å²) in [5, 5.41) is 3.29. The van der Waals surface area contributed by atoms with Crippen molar-refractivity contribution < 1.29 is 13.6 Å². The largest absolute Gasteiger partial charge is 0.451 e. The Morgan fingerprint density at radius 2 is 1.95 bits per heavy atom. The number of hydrogen-bond donors (Lipinski definition) is 1. The molecule has 1 N–H and O–H groups in total. The predicted molar refractivity (Wildman–Crippen MR) is 80.3 cm³/mol. The van der Waals surface area contributed by atoms with E-state index in [-0.39, 0.29) is 16.5 Å². The van der Waals surface area contributed by atoms with Crippen LogP contribution in [0.15, 0.2) is 46.9 Å². The van der Waals surface area contributed by atoms with Crippen LogP contribution in [0.2, 0.25) is 5.02 Å². The van der Waals surface area contributed by atoms with Gasteiger partial charge in [0.2, 0.25) is 0 Å². The van der Waals surface area contributed by atoms with Gasteiger partial charge in [-0.1, -0.05) is 35.9 Å². The highest BCUT2D eigenvalue weighted by molar-refractivity contribution is 6.31. The Morgan fingerprint density at radius 3 is 2.71 bits per heavy atom. The van der Waals surface area contributed by atoms with Gasteiger partial charge in [-0.05, 0) is 25.1 Å². The lowest BCUT2D eigenvalue weighted by Gasteiger charge is -2.06. The number of nitrogens with one attached hydrogen (secondary N) is 1. The molecule has 0 aliphatic heterocycles. The van der Waals surface area contributed by atoms with E-state index in [1.807, 2.05) is 18.2 Å². The van der Waals surface area contributed by atoms with E-state index >= 15 is 0 Å². The van der Waals surface area contributed by atoms with Crippen LogP contribution in [0.4, 0.5) is 10.1 Å². The zero-order chi connectivity index (χ0) is 15.0. The molecule has 3 rings (SSSR count). The zero-order valence-corrected chi connectivity index (χ0v) is 11.9. The number of carbonyl (C=O) groups is 1. The number of hydrogen-bond acceptors (Lipinski definition) is 2. The first-order valence-corrected chi connectivity index (χ1v) is 6.69. The summed E-state index contributed by atoms with van der Waals surface area (Å²) in [5.74, 6) is -1.01. The smallest absolute Gasteiger partial charge is 0.291 e. The molecule has 0 aliphatic rings. The maximum atomic E-state index is 13.8. The Kier molecular flexibility index (Phi) is 3.39. The summed E-state index contributed by atoms with van der Waals surface area (Å²) in [6.07, 6.45) is 0. The van der Waals surface area contributed by atoms with Crippen LogP contribution < -0.4 is 5.32 Å². The van der Waals surface area contributed by atoms with Gasteiger partial charge in [0.1, 0.15) is 5.58 Å². The number of amides is 1. The van der Waals surface area contributed by atoms with Crippen molar-refractivity contribution in [3.63, 3.8) is 0 Å². The van der Waals surface area contributed by atoms with Crippen molar-refractivity contribution in [2.75, 3.05) is 5.32 Å². The average Bonchev–Trinajstić information content (AvgIpc) is 2.82. The number of fused-ring (bicyclic) bond motifs is 1. The summed E-state index contributed by atoms with van der Waals surface area (Å²) in [6.45, 7) is 1.79. The van der Waals surface area contributed by atoms with Crippen molar-refractivity contribution in [2.45, 2.75) is 6.92 Å². The first-order valence-electron chi connectivity index (χ1n) is 6.31. The van der Waals surface area contributed by atoms with Crippen LogP contribution in [0.5, 0.6) is 0 Å². The van der Waals surface area contributed by atoms with Gasteiger partial charge in [0.25, 0.3) is 5.91 Å². The highest BCUT2D eigenvalue weighted by atomic mass is 35.5. The molecule has 0 fully saturated rings. The fourth-order valence-corrected chi connectivity index (χ4v) is 2.34. The van der Waals surface area contributed by atoms with Gasteiger partial charge < -0.3 is 9.73 Å². The average molecular weight is 304 g/mol. The van der Waals surface area contributed by atoms with E-state index in [2.05, 4.69) is 5.32 Å². The second kappa shape index (κ2) is 5.22. The number of halogens is 2. The van der Waals surface area contributed by atoms with Gasteiger partial charge in [-0.25, -0.2) is 4.39 Å². The minimum absolute atomic E-state index is 0.0207. The Labute approximate surface area is 125 Å². The molecule has 3 nitrogen and oxygen atoms in total. The Bertz CT molecular complexity index is 841. The van der Waals surface area contributed by atoms with E-state index in [1.54, 1.807) is 19.1 Å². The highest BCUT2D eigenvalue weighted by Gasteiger charge is 2.19. The van der Waals surface area contributed by atoms with Crippen LogP contribution in [-0.2, 0) is 0 Å². The molecular formula is C16H11ClFNO2. The fourth-order valence-electron chi connectivity index (χ4n) is 2.17. The molecule has 1 heterocycles. The molecule has 21 heavy (non-hydrogen) atoms. The van der Waals surface area contributed by atoms with E-state index in [4.69, 9.17) is 16.0 Å². The van der Waals surface area contributed by atoms with Crippen LogP contribution in [-0.4, -0.2) is 5.91 Å². The maximum absolute atomic E-state index is 13.8. The van der Waals surface area contributed by atoms with E-state index in [0.29, 0.717) is 11.1 Å². The zero-order valence-electron chi connectivity index (χ0n) is 11.1. The minimum atomic E-state index is -0.665. The van der Waals surface area contributed by atoms with Crippen molar-refractivity contribution in [3.8, 4) is 0 Å².